The number of para-hydroxylation sites is 1. The fourth-order valence-corrected chi connectivity index (χ4v) is 3.49. The van der Waals surface area contributed by atoms with Crippen molar-refractivity contribution < 1.29 is 9.53 Å². The molecule has 1 amide bonds. The third-order valence-electron chi connectivity index (χ3n) is 3.09. The van der Waals surface area contributed by atoms with Crippen LogP contribution in [-0.4, -0.2) is 34.8 Å². The highest BCUT2D eigenvalue weighted by molar-refractivity contribution is 7.99. The number of aromatic amines is 1. The van der Waals surface area contributed by atoms with Crippen LogP contribution in [0.15, 0.2) is 51.7 Å². The number of nitrogens with zero attached hydrogens (tertiary/aromatic N) is 1. The molecule has 0 unspecified atom stereocenters. The van der Waals surface area contributed by atoms with Gasteiger partial charge in [0.25, 0.3) is 5.56 Å². The van der Waals surface area contributed by atoms with Crippen LogP contribution in [0.5, 0.6) is 5.75 Å². The summed E-state index contributed by atoms with van der Waals surface area (Å²) >= 11 is 2.61. The number of aromatic nitrogens is 2. The summed E-state index contributed by atoms with van der Waals surface area (Å²) in [7, 11) is 0. The Bertz CT molecular complexity index is 877. The lowest BCUT2D eigenvalue weighted by molar-refractivity contribution is -0.118. The van der Waals surface area contributed by atoms with Gasteiger partial charge in [-0.3, -0.25) is 9.59 Å². The first kappa shape index (κ1) is 16.5. The van der Waals surface area contributed by atoms with Gasteiger partial charge in [-0.05, 0) is 23.6 Å². The molecule has 2 aromatic heterocycles. The number of rotatable bonds is 7. The lowest BCUT2D eigenvalue weighted by atomic mass is 10.3. The van der Waals surface area contributed by atoms with E-state index in [1.165, 1.54) is 23.1 Å². The van der Waals surface area contributed by atoms with E-state index < -0.39 is 0 Å². The van der Waals surface area contributed by atoms with Crippen molar-refractivity contribution in [2.45, 2.75) is 5.16 Å². The lowest BCUT2D eigenvalue weighted by Gasteiger charge is -2.07. The Hall–Kier alpha value is -2.32. The van der Waals surface area contributed by atoms with Crippen LogP contribution in [0, 0.1) is 0 Å². The number of H-pyrrole nitrogens is 1. The van der Waals surface area contributed by atoms with Crippen molar-refractivity contribution in [3.8, 4) is 5.75 Å². The number of carbonyl (C=O) groups excluding carboxylic acids is 1. The van der Waals surface area contributed by atoms with Crippen molar-refractivity contribution in [2.24, 2.45) is 0 Å². The number of hydrogen-bond acceptors (Lipinski definition) is 6. The highest BCUT2D eigenvalue weighted by atomic mass is 32.2. The molecule has 2 N–H and O–H groups in total. The molecule has 124 valence electrons. The van der Waals surface area contributed by atoms with Crippen molar-refractivity contribution >= 4 is 39.2 Å². The molecule has 0 saturated carbocycles. The van der Waals surface area contributed by atoms with E-state index in [0.29, 0.717) is 28.5 Å². The van der Waals surface area contributed by atoms with Gasteiger partial charge in [-0.25, -0.2) is 4.98 Å². The average molecular weight is 361 g/mol. The Balaban J connectivity index is 1.42. The molecule has 0 atom stereocenters. The molecule has 6 nitrogen and oxygen atoms in total. The summed E-state index contributed by atoms with van der Waals surface area (Å²) < 4.78 is 5.49. The third kappa shape index (κ3) is 4.36. The van der Waals surface area contributed by atoms with Gasteiger partial charge < -0.3 is 15.0 Å². The second-order valence-corrected chi connectivity index (χ2v) is 6.67. The van der Waals surface area contributed by atoms with Crippen LogP contribution in [0.1, 0.15) is 0 Å². The summed E-state index contributed by atoms with van der Waals surface area (Å²) in [6.45, 7) is 0.818. The molecule has 0 aliphatic rings. The third-order valence-corrected chi connectivity index (χ3v) is 4.77. The standard InChI is InChI=1S/C16H15N3O3S2/c20-13(17-7-8-22-11-4-2-1-3-5-11)10-24-16-18-14(21)12-6-9-23-15(12)19-16/h1-6,9H,7-8,10H2,(H,17,20)(H,18,19,21). The van der Waals surface area contributed by atoms with Gasteiger partial charge >= 0.3 is 0 Å². The molecular weight excluding hydrogens is 346 g/mol. The van der Waals surface area contributed by atoms with Gasteiger partial charge in [-0.2, -0.15) is 0 Å². The van der Waals surface area contributed by atoms with E-state index in [4.69, 9.17) is 4.74 Å². The van der Waals surface area contributed by atoms with E-state index in [0.717, 1.165) is 5.75 Å². The molecule has 8 heteroatoms. The van der Waals surface area contributed by atoms with Crippen LogP contribution in [0.4, 0.5) is 0 Å². The maximum absolute atomic E-state index is 11.8. The molecule has 2 heterocycles. The summed E-state index contributed by atoms with van der Waals surface area (Å²) in [5.41, 5.74) is -0.180. The number of ether oxygens (including phenoxy) is 1. The van der Waals surface area contributed by atoms with E-state index in [-0.39, 0.29) is 17.2 Å². The van der Waals surface area contributed by atoms with Crippen LogP contribution in [-0.2, 0) is 4.79 Å². The predicted molar refractivity (Wildman–Crippen MR) is 95.9 cm³/mol. The predicted octanol–water partition coefficient (Wildman–Crippen LogP) is 2.27. The molecule has 0 radical (unpaired) electrons. The Labute approximate surface area is 146 Å². The largest absolute Gasteiger partial charge is 0.492 e. The van der Waals surface area contributed by atoms with Crippen LogP contribution in [0.25, 0.3) is 10.2 Å². The summed E-state index contributed by atoms with van der Waals surface area (Å²) in [5.74, 6) is 0.822. The second-order valence-electron chi connectivity index (χ2n) is 4.81. The van der Waals surface area contributed by atoms with Crippen LogP contribution < -0.4 is 15.6 Å². The van der Waals surface area contributed by atoms with E-state index in [1.54, 1.807) is 6.07 Å². The topological polar surface area (TPSA) is 84.1 Å². The maximum Gasteiger partial charge on any atom is 0.260 e. The number of carbonyl (C=O) groups is 1. The number of hydrogen-bond donors (Lipinski definition) is 2. The van der Waals surface area contributed by atoms with Crippen molar-refractivity contribution in [1.82, 2.24) is 15.3 Å². The SMILES string of the molecule is O=C(CSc1nc2sccc2c(=O)[nH]1)NCCOc1ccccc1. The molecule has 3 rings (SSSR count). The number of nitrogens with one attached hydrogen (secondary N) is 2. The van der Waals surface area contributed by atoms with Crippen LogP contribution in [0.3, 0.4) is 0 Å². The summed E-state index contributed by atoms with van der Waals surface area (Å²) in [6, 6.07) is 11.2. The first-order chi connectivity index (χ1) is 11.7. The zero-order valence-electron chi connectivity index (χ0n) is 12.7. The molecule has 1 aromatic carbocycles. The number of thiophene rings is 1. The number of thioether (sulfide) groups is 1. The normalized spacial score (nSPS) is 10.7. The van der Waals surface area contributed by atoms with Crippen LogP contribution >= 0.6 is 23.1 Å². The minimum Gasteiger partial charge on any atom is -0.492 e. The smallest absolute Gasteiger partial charge is 0.260 e. The lowest BCUT2D eigenvalue weighted by Crippen LogP contribution is -2.29. The minimum atomic E-state index is -0.180. The van der Waals surface area contributed by atoms with Crippen molar-refractivity contribution in [3.63, 3.8) is 0 Å². The summed E-state index contributed by atoms with van der Waals surface area (Å²) in [6.07, 6.45) is 0. The van der Waals surface area contributed by atoms with Crippen molar-refractivity contribution in [2.75, 3.05) is 18.9 Å². The van der Waals surface area contributed by atoms with Crippen LogP contribution in [0.2, 0.25) is 0 Å². The fourth-order valence-electron chi connectivity index (χ4n) is 1.97. The monoisotopic (exact) mass is 361 g/mol. The highest BCUT2D eigenvalue weighted by Gasteiger charge is 2.08. The zero-order valence-corrected chi connectivity index (χ0v) is 14.3. The molecule has 0 spiro atoms. The number of amides is 1. The van der Waals surface area contributed by atoms with Crippen molar-refractivity contribution in [3.05, 3.63) is 52.1 Å². The Kier molecular flexibility index (Phi) is 5.50. The van der Waals surface area contributed by atoms with Gasteiger partial charge in [-0.1, -0.05) is 30.0 Å². The van der Waals surface area contributed by atoms with Gasteiger partial charge in [0.2, 0.25) is 5.91 Å². The van der Waals surface area contributed by atoms with E-state index in [2.05, 4.69) is 15.3 Å². The molecule has 0 fully saturated rings. The average Bonchev–Trinajstić information content (AvgIpc) is 3.07. The molecule has 0 bridgehead atoms. The number of fused-ring (bicyclic) bond motifs is 1. The molecule has 0 aliphatic heterocycles. The van der Waals surface area contributed by atoms with Crippen molar-refractivity contribution in [1.29, 1.82) is 0 Å². The first-order valence-electron chi connectivity index (χ1n) is 7.27. The zero-order chi connectivity index (χ0) is 16.8. The fraction of sp³-hybridized carbons (Fsp3) is 0.188. The van der Waals surface area contributed by atoms with Gasteiger partial charge in [-0.15, -0.1) is 11.3 Å². The van der Waals surface area contributed by atoms with E-state index in [9.17, 15) is 9.59 Å². The maximum atomic E-state index is 11.8. The highest BCUT2D eigenvalue weighted by Crippen LogP contribution is 2.18. The van der Waals surface area contributed by atoms with E-state index >= 15 is 0 Å². The van der Waals surface area contributed by atoms with Gasteiger partial charge in [0.1, 0.15) is 17.2 Å². The number of benzene rings is 1. The molecule has 0 saturated heterocycles. The summed E-state index contributed by atoms with van der Waals surface area (Å²) in [4.78, 5) is 31.3. The molecule has 3 aromatic rings. The molecule has 0 aliphatic carbocycles. The van der Waals surface area contributed by atoms with Gasteiger partial charge in [0.15, 0.2) is 5.16 Å². The van der Waals surface area contributed by atoms with E-state index in [1.807, 2.05) is 35.7 Å². The molecule has 24 heavy (non-hydrogen) atoms. The Morgan fingerprint density at radius 1 is 1.29 bits per heavy atom. The molecular formula is C16H15N3O3S2. The van der Waals surface area contributed by atoms with Gasteiger partial charge in [0.05, 0.1) is 17.7 Å². The summed E-state index contributed by atoms with van der Waals surface area (Å²) in [5, 5.41) is 5.61. The minimum absolute atomic E-state index is 0.134. The van der Waals surface area contributed by atoms with Gasteiger partial charge in [0, 0.05) is 0 Å². The second kappa shape index (κ2) is 7.98. The Morgan fingerprint density at radius 3 is 2.96 bits per heavy atom. The quantitative estimate of drug-likeness (QED) is 0.383. The Morgan fingerprint density at radius 2 is 2.12 bits per heavy atom. The first-order valence-corrected chi connectivity index (χ1v) is 9.14.